The Bertz CT molecular complexity index is 196. The number of hydrogen-bond donors (Lipinski definition) is 0. The van der Waals surface area contributed by atoms with Gasteiger partial charge in [-0.1, -0.05) is 0 Å². The molecule has 0 fully saturated rings. The molecule has 5 nitrogen and oxygen atoms in total. The topological polar surface area (TPSA) is 83.5 Å². The maximum Gasteiger partial charge on any atom is 0.313 e. The molecule has 0 saturated carbocycles. The van der Waals surface area contributed by atoms with E-state index in [4.69, 9.17) is 0 Å². The Kier molecular flexibility index (Phi) is 4.67. The Morgan fingerprint density at radius 2 is 1.83 bits per heavy atom. The molecule has 0 radical (unpaired) electrons. The molecule has 0 unspecified atom stereocenters. The molecule has 0 aliphatic heterocycles. The molecule has 0 bridgehead atoms. The molecule has 5 heteroatoms. The summed E-state index contributed by atoms with van der Waals surface area (Å²) >= 11 is 0. The molecule has 12 heavy (non-hydrogen) atoms. The molecule has 0 heterocycles. The summed E-state index contributed by atoms with van der Waals surface area (Å²) in [4.78, 5) is 31.1. The van der Waals surface area contributed by atoms with E-state index in [1.165, 1.54) is 0 Å². The van der Waals surface area contributed by atoms with Gasteiger partial charge in [-0.15, -0.1) is 0 Å². The second kappa shape index (κ2) is 5.29. The van der Waals surface area contributed by atoms with Crippen LogP contribution in [0.15, 0.2) is 0 Å². The Hall–Kier alpha value is -1.39. The molecule has 0 atom stereocenters. The van der Waals surface area contributed by atoms with Crippen molar-refractivity contribution in [3.8, 4) is 0 Å². The second-order valence-electron chi connectivity index (χ2n) is 2.16. The highest BCUT2D eigenvalue weighted by atomic mass is 16.5. The average Bonchev–Trinajstić information content (AvgIpc) is 2.00. The smallest absolute Gasteiger partial charge is 0.313 e. The van der Waals surface area contributed by atoms with Crippen LogP contribution in [0.25, 0.3) is 0 Å². The molecule has 0 saturated heterocycles. The summed E-state index contributed by atoms with van der Waals surface area (Å²) in [7, 11) is 1.16. The van der Waals surface area contributed by atoms with Crippen molar-refractivity contribution in [3.63, 3.8) is 0 Å². The zero-order valence-electron chi connectivity index (χ0n) is 6.66. The summed E-state index contributed by atoms with van der Waals surface area (Å²) in [6.07, 6.45) is -0.906. The number of esters is 1. The molecule has 0 aromatic carbocycles. The first-order valence-electron chi connectivity index (χ1n) is 3.34. The largest absolute Gasteiger partial charge is 0.550 e. The van der Waals surface area contributed by atoms with Crippen molar-refractivity contribution >= 4 is 17.7 Å². The van der Waals surface area contributed by atoms with Gasteiger partial charge < -0.3 is 14.6 Å². The van der Waals surface area contributed by atoms with Gasteiger partial charge in [0, 0.05) is 12.4 Å². The highest BCUT2D eigenvalue weighted by Crippen LogP contribution is 1.95. The fourth-order valence-corrected chi connectivity index (χ4v) is 0.563. The van der Waals surface area contributed by atoms with Crippen LogP contribution < -0.4 is 5.11 Å². The number of ketones is 1. The van der Waals surface area contributed by atoms with E-state index in [0.29, 0.717) is 0 Å². The predicted molar refractivity (Wildman–Crippen MR) is 35.9 cm³/mol. The Morgan fingerprint density at radius 3 is 2.25 bits per heavy atom. The normalized spacial score (nSPS) is 9.08. The standard InChI is InChI=1S/C7H10O5/c1-12-7(11)4-5(8)2-3-6(9)10/h2-4H2,1H3,(H,9,10)/p-1. The third-order valence-corrected chi connectivity index (χ3v) is 1.18. The summed E-state index contributed by atoms with van der Waals surface area (Å²) in [6, 6.07) is 0. The Labute approximate surface area is 69.3 Å². The van der Waals surface area contributed by atoms with E-state index < -0.39 is 17.7 Å². The van der Waals surface area contributed by atoms with Crippen LogP contribution in [0.4, 0.5) is 0 Å². The van der Waals surface area contributed by atoms with Crippen LogP contribution in [-0.4, -0.2) is 24.8 Å². The SMILES string of the molecule is COC(=O)CC(=O)CCC(=O)[O-]. The molecule has 0 aromatic rings. The van der Waals surface area contributed by atoms with Crippen LogP contribution in [0.2, 0.25) is 0 Å². The zero-order valence-corrected chi connectivity index (χ0v) is 6.66. The predicted octanol–water partition coefficient (Wildman–Crippen LogP) is -1.35. The fourth-order valence-electron chi connectivity index (χ4n) is 0.563. The minimum absolute atomic E-state index is 0.183. The van der Waals surface area contributed by atoms with Crippen molar-refractivity contribution in [2.24, 2.45) is 0 Å². The molecule has 0 aliphatic carbocycles. The van der Waals surface area contributed by atoms with Gasteiger partial charge in [-0.3, -0.25) is 9.59 Å². The summed E-state index contributed by atoms with van der Waals surface area (Å²) in [5.74, 6) is -2.40. The van der Waals surface area contributed by atoms with Gasteiger partial charge in [-0.25, -0.2) is 0 Å². The van der Waals surface area contributed by atoms with Crippen LogP contribution in [0.3, 0.4) is 0 Å². The van der Waals surface area contributed by atoms with Crippen molar-refractivity contribution < 1.29 is 24.2 Å². The number of Topliss-reactive ketones (excluding diaryl/α,β-unsaturated/α-hetero) is 1. The third-order valence-electron chi connectivity index (χ3n) is 1.18. The number of carbonyl (C=O) groups excluding carboxylic acids is 3. The third kappa shape index (κ3) is 5.40. The number of aliphatic carboxylic acids is 1. The highest BCUT2D eigenvalue weighted by molar-refractivity contribution is 5.96. The second-order valence-corrected chi connectivity index (χ2v) is 2.16. The molecule has 0 N–H and O–H groups in total. The van der Waals surface area contributed by atoms with Gasteiger partial charge in [0.1, 0.15) is 12.2 Å². The molecule has 0 amide bonds. The van der Waals surface area contributed by atoms with Gasteiger partial charge in [-0.2, -0.15) is 0 Å². The first-order chi connectivity index (χ1) is 5.56. The van der Waals surface area contributed by atoms with Crippen molar-refractivity contribution in [3.05, 3.63) is 0 Å². The van der Waals surface area contributed by atoms with E-state index in [2.05, 4.69) is 4.74 Å². The molecule has 0 spiro atoms. The van der Waals surface area contributed by atoms with E-state index in [1.807, 2.05) is 0 Å². The summed E-state index contributed by atoms with van der Waals surface area (Å²) in [6.45, 7) is 0. The molecule has 68 valence electrons. The van der Waals surface area contributed by atoms with E-state index in [1.54, 1.807) is 0 Å². The van der Waals surface area contributed by atoms with Crippen LogP contribution >= 0.6 is 0 Å². The lowest BCUT2D eigenvalue weighted by molar-refractivity contribution is -0.305. The van der Waals surface area contributed by atoms with Gasteiger partial charge in [0.15, 0.2) is 0 Å². The number of ether oxygens (including phenoxy) is 1. The maximum atomic E-state index is 10.7. The van der Waals surface area contributed by atoms with Gasteiger partial charge >= 0.3 is 5.97 Å². The first-order valence-corrected chi connectivity index (χ1v) is 3.34. The van der Waals surface area contributed by atoms with Crippen LogP contribution in [0.5, 0.6) is 0 Å². The fraction of sp³-hybridized carbons (Fsp3) is 0.571. The van der Waals surface area contributed by atoms with E-state index in [9.17, 15) is 19.5 Å². The lowest BCUT2D eigenvalue weighted by Gasteiger charge is -2.00. The van der Waals surface area contributed by atoms with E-state index >= 15 is 0 Å². The maximum absolute atomic E-state index is 10.7. The van der Waals surface area contributed by atoms with E-state index in [-0.39, 0.29) is 19.3 Å². The van der Waals surface area contributed by atoms with Crippen molar-refractivity contribution in [2.75, 3.05) is 7.11 Å². The molecule has 0 rings (SSSR count). The Balaban J connectivity index is 3.60. The van der Waals surface area contributed by atoms with Gasteiger partial charge in [-0.05, 0) is 6.42 Å². The lowest BCUT2D eigenvalue weighted by Crippen LogP contribution is -2.23. The number of carboxylic acid groups (broad SMARTS) is 1. The van der Waals surface area contributed by atoms with Crippen LogP contribution in [-0.2, 0) is 19.1 Å². The van der Waals surface area contributed by atoms with Crippen molar-refractivity contribution in [1.29, 1.82) is 0 Å². The summed E-state index contributed by atoms with van der Waals surface area (Å²) in [5.41, 5.74) is 0. The molecular weight excluding hydrogens is 164 g/mol. The zero-order chi connectivity index (χ0) is 9.56. The number of carbonyl (C=O) groups is 3. The Morgan fingerprint density at radius 1 is 1.25 bits per heavy atom. The molecule has 0 aromatic heterocycles. The number of methoxy groups -OCH3 is 1. The van der Waals surface area contributed by atoms with Crippen LogP contribution in [0, 0.1) is 0 Å². The summed E-state index contributed by atoms with van der Waals surface area (Å²) in [5, 5.41) is 9.88. The number of rotatable bonds is 5. The molecule has 0 aliphatic rings. The minimum atomic E-state index is -1.30. The average molecular weight is 173 g/mol. The molecular formula is C7H9O5-. The van der Waals surface area contributed by atoms with Gasteiger partial charge in [0.05, 0.1) is 7.11 Å². The highest BCUT2D eigenvalue weighted by Gasteiger charge is 2.08. The summed E-state index contributed by atoms with van der Waals surface area (Å²) < 4.78 is 4.20. The van der Waals surface area contributed by atoms with Crippen molar-refractivity contribution in [2.45, 2.75) is 19.3 Å². The number of carboxylic acids is 1. The number of hydrogen-bond acceptors (Lipinski definition) is 5. The van der Waals surface area contributed by atoms with Gasteiger partial charge in [0.25, 0.3) is 0 Å². The minimum Gasteiger partial charge on any atom is -0.550 e. The van der Waals surface area contributed by atoms with Crippen molar-refractivity contribution in [1.82, 2.24) is 0 Å². The lowest BCUT2D eigenvalue weighted by atomic mass is 10.2. The van der Waals surface area contributed by atoms with E-state index in [0.717, 1.165) is 7.11 Å². The quantitative estimate of drug-likeness (QED) is 0.379. The van der Waals surface area contributed by atoms with Gasteiger partial charge in [0.2, 0.25) is 0 Å². The monoisotopic (exact) mass is 173 g/mol. The first kappa shape index (κ1) is 10.6. The van der Waals surface area contributed by atoms with Crippen LogP contribution in [0.1, 0.15) is 19.3 Å².